The molecule has 15 aromatic rings. The highest BCUT2D eigenvalue weighted by molar-refractivity contribution is 6.14. The Morgan fingerprint density at radius 3 is 1.32 bits per heavy atom. The fourth-order valence-corrected chi connectivity index (χ4v) is 11.2. The van der Waals surface area contributed by atoms with Crippen molar-refractivity contribution in [2.24, 2.45) is 0 Å². The number of nitrogens with zero attached hydrogens (tertiary/aromatic N) is 4. The summed E-state index contributed by atoms with van der Waals surface area (Å²) in [5, 5.41) is 6.30. The number of fused-ring (bicyclic) bond motifs is 9. The average Bonchev–Trinajstić information content (AvgIpc) is 4.22. The monoisotopic (exact) mass is 958 g/mol. The third-order valence-electron chi connectivity index (χ3n) is 14.7. The molecule has 0 unspecified atom stereocenters. The normalized spacial score (nSPS) is 11.7. The quantitative estimate of drug-likeness (QED) is 0.152. The maximum Gasteiger partial charge on any atom is 0.167 e. The summed E-state index contributed by atoms with van der Waals surface area (Å²) < 4.78 is 15.6. The van der Waals surface area contributed by atoms with E-state index in [1.165, 1.54) is 21.9 Å². The van der Waals surface area contributed by atoms with Crippen LogP contribution in [0.4, 0.5) is 0 Å². The van der Waals surface area contributed by atoms with E-state index in [0.29, 0.717) is 17.5 Å². The molecule has 350 valence electrons. The van der Waals surface area contributed by atoms with Crippen molar-refractivity contribution in [3.63, 3.8) is 0 Å². The third kappa shape index (κ3) is 7.07. The first-order chi connectivity index (χ1) is 37.2. The van der Waals surface area contributed by atoms with Gasteiger partial charge < -0.3 is 13.4 Å². The molecule has 0 atom stereocenters. The Morgan fingerprint density at radius 1 is 0.267 bits per heavy atom. The molecule has 0 bridgehead atoms. The number of hydrogen-bond acceptors (Lipinski definition) is 5. The molecule has 0 radical (unpaired) electrons. The smallest absolute Gasteiger partial charge is 0.167 e. The van der Waals surface area contributed by atoms with Crippen LogP contribution in [0.1, 0.15) is 0 Å². The van der Waals surface area contributed by atoms with E-state index in [0.717, 1.165) is 111 Å². The summed E-state index contributed by atoms with van der Waals surface area (Å²) in [6.07, 6.45) is 0. The summed E-state index contributed by atoms with van der Waals surface area (Å²) in [7, 11) is 0. The maximum atomic E-state index is 6.67. The van der Waals surface area contributed by atoms with Gasteiger partial charge >= 0.3 is 0 Å². The number of furan rings is 2. The topological polar surface area (TPSA) is 69.9 Å². The Hall–Kier alpha value is -10.2. The van der Waals surface area contributed by atoms with E-state index < -0.39 is 0 Å². The number of benzene rings is 11. The van der Waals surface area contributed by atoms with Gasteiger partial charge in [0.15, 0.2) is 17.5 Å². The molecule has 0 aliphatic carbocycles. The summed E-state index contributed by atoms with van der Waals surface area (Å²) in [6.45, 7) is 0. The predicted molar refractivity (Wildman–Crippen MR) is 307 cm³/mol. The molecule has 0 saturated carbocycles. The minimum Gasteiger partial charge on any atom is -0.456 e. The van der Waals surface area contributed by atoms with Crippen molar-refractivity contribution in [1.29, 1.82) is 0 Å². The zero-order chi connectivity index (χ0) is 49.4. The number of para-hydroxylation sites is 3. The fourth-order valence-electron chi connectivity index (χ4n) is 11.2. The molecule has 6 nitrogen and oxygen atoms in total. The molecule has 0 aliphatic rings. The predicted octanol–water partition coefficient (Wildman–Crippen LogP) is 18.4. The minimum absolute atomic E-state index is 0.502. The first-order valence-corrected chi connectivity index (χ1v) is 25.2. The minimum atomic E-state index is 0.502. The zero-order valence-corrected chi connectivity index (χ0v) is 40.4. The molecule has 4 aromatic heterocycles. The Balaban J connectivity index is 1.04. The number of hydrogen-bond donors (Lipinski definition) is 0. The second kappa shape index (κ2) is 17.3. The molecule has 15 rings (SSSR count). The Bertz CT molecular complexity index is 4530. The van der Waals surface area contributed by atoms with E-state index in [-0.39, 0.29) is 0 Å². The van der Waals surface area contributed by atoms with Gasteiger partial charge in [-0.3, -0.25) is 0 Å². The highest BCUT2D eigenvalue weighted by Crippen LogP contribution is 2.46. The molecule has 75 heavy (non-hydrogen) atoms. The van der Waals surface area contributed by atoms with Crippen LogP contribution in [-0.4, -0.2) is 19.5 Å². The van der Waals surface area contributed by atoms with Gasteiger partial charge in [0.1, 0.15) is 22.3 Å². The van der Waals surface area contributed by atoms with Gasteiger partial charge in [0.25, 0.3) is 0 Å². The second-order valence-corrected chi connectivity index (χ2v) is 19.0. The van der Waals surface area contributed by atoms with Crippen LogP contribution in [0.25, 0.3) is 150 Å². The lowest BCUT2D eigenvalue weighted by Gasteiger charge is -2.21. The zero-order valence-electron chi connectivity index (χ0n) is 40.4. The molecule has 0 spiro atoms. The van der Waals surface area contributed by atoms with Crippen LogP contribution in [-0.2, 0) is 0 Å². The second-order valence-electron chi connectivity index (χ2n) is 19.0. The van der Waals surface area contributed by atoms with Crippen LogP contribution in [0, 0.1) is 0 Å². The molecule has 0 N–H and O–H groups in total. The van der Waals surface area contributed by atoms with E-state index in [1.54, 1.807) is 0 Å². The number of rotatable bonds is 8. The molecule has 0 fully saturated rings. The van der Waals surface area contributed by atoms with E-state index in [2.05, 4.69) is 205 Å². The highest BCUT2D eigenvalue weighted by atomic mass is 16.3. The van der Waals surface area contributed by atoms with Crippen molar-refractivity contribution in [2.75, 3.05) is 0 Å². The summed E-state index contributed by atoms with van der Waals surface area (Å²) in [5.41, 5.74) is 17.6. The van der Waals surface area contributed by atoms with Gasteiger partial charge in [0.05, 0.1) is 22.3 Å². The van der Waals surface area contributed by atoms with Crippen molar-refractivity contribution in [3.8, 4) is 84.4 Å². The first-order valence-electron chi connectivity index (χ1n) is 25.2. The van der Waals surface area contributed by atoms with Crippen molar-refractivity contribution in [1.82, 2.24) is 19.5 Å². The van der Waals surface area contributed by atoms with E-state index in [9.17, 15) is 0 Å². The highest BCUT2D eigenvalue weighted by Gasteiger charge is 2.25. The fraction of sp³-hybridized carbons (Fsp3) is 0. The van der Waals surface area contributed by atoms with Gasteiger partial charge in [0, 0.05) is 54.6 Å². The molecule has 0 amide bonds. The van der Waals surface area contributed by atoms with Crippen molar-refractivity contribution < 1.29 is 8.83 Å². The van der Waals surface area contributed by atoms with Gasteiger partial charge in [-0.2, -0.15) is 0 Å². The van der Waals surface area contributed by atoms with Crippen molar-refractivity contribution >= 4 is 65.7 Å². The summed E-state index contributed by atoms with van der Waals surface area (Å²) >= 11 is 0. The van der Waals surface area contributed by atoms with Crippen LogP contribution >= 0.6 is 0 Å². The molecule has 11 aromatic carbocycles. The lowest BCUT2D eigenvalue weighted by molar-refractivity contribution is 0.668. The van der Waals surface area contributed by atoms with Gasteiger partial charge in [-0.15, -0.1) is 0 Å². The first kappa shape index (κ1) is 42.5. The van der Waals surface area contributed by atoms with Gasteiger partial charge in [-0.05, 0) is 94.0 Å². The van der Waals surface area contributed by atoms with Crippen LogP contribution in [0.2, 0.25) is 0 Å². The Labute approximate surface area is 431 Å². The maximum absolute atomic E-state index is 6.67. The van der Waals surface area contributed by atoms with Crippen LogP contribution in [0.15, 0.2) is 264 Å². The van der Waals surface area contributed by atoms with Crippen LogP contribution < -0.4 is 0 Å². The largest absolute Gasteiger partial charge is 0.456 e. The Morgan fingerprint density at radius 2 is 0.720 bits per heavy atom. The van der Waals surface area contributed by atoms with Crippen LogP contribution in [0.5, 0.6) is 0 Å². The standard InChI is InChI=1S/C69H42N4O2/c1-5-19-43(20-6-1)47-35-37-59-57(39-47)58-40-48(44-21-7-2-8-22-44)36-38-60(58)73(59)65-55(45-23-9-3-10-24-45)41-49(42-56(65)46-25-11-4-12-26-46)67-70-68(53-30-18-34-63-64(53)52-28-14-16-33-62(52)74-63)72-69(71-67)54-31-17-29-51-50-27-13-15-32-61(50)75-66(51)54/h1-42H. The molecule has 4 heterocycles. The molecule has 0 saturated heterocycles. The molecular weight excluding hydrogens is 917 g/mol. The van der Waals surface area contributed by atoms with Gasteiger partial charge in [-0.1, -0.05) is 194 Å². The van der Waals surface area contributed by atoms with Gasteiger partial charge in [0.2, 0.25) is 0 Å². The Kier molecular flexibility index (Phi) is 9.78. The lowest BCUT2D eigenvalue weighted by Crippen LogP contribution is -2.04. The number of aromatic nitrogens is 4. The summed E-state index contributed by atoms with van der Waals surface area (Å²) in [4.78, 5) is 16.3. The third-order valence-corrected chi connectivity index (χ3v) is 14.7. The van der Waals surface area contributed by atoms with E-state index >= 15 is 0 Å². The summed E-state index contributed by atoms with van der Waals surface area (Å²) in [6, 6.07) is 89.6. The summed E-state index contributed by atoms with van der Waals surface area (Å²) in [5.74, 6) is 1.55. The lowest BCUT2D eigenvalue weighted by atomic mass is 9.92. The average molecular weight is 959 g/mol. The van der Waals surface area contributed by atoms with E-state index in [1.807, 2.05) is 54.6 Å². The van der Waals surface area contributed by atoms with Gasteiger partial charge in [-0.25, -0.2) is 15.0 Å². The van der Waals surface area contributed by atoms with Crippen LogP contribution in [0.3, 0.4) is 0 Å². The van der Waals surface area contributed by atoms with Crippen molar-refractivity contribution in [2.45, 2.75) is 0 Å². The van der Waals surface area contributed by atoms with E-state index in [4.69, 9.17) is 23.8 Å². The SMILES string of the molecule is c1ccc(-c2ccc3c(c2)c2cc(-c4ccccc4)ccc2n3-c2c(-c3ccccc3)cc(-c3nc(-c4cccc5c4oc4ccccc45)nc(-c4cccc5oc6ccccc6c45)n3)cc2-c2ccccc2)cc1. The molecule has 0 aliphatic heterocycles. The molecular formula is C69H42N4O2. The van der Waals surface area contributed by atoms with Crippen molar-refractivity contribution in [3.05, 3.63) is 255 Å². The molecule has 6 heteroatoms.